The number of ether oxygens (including phenoxy) is 1. The van der Waals surface area contributed by atoms with Gasteiger partial charge in [0.25, 0.3) is 0 Å². The molecule has 0 fully saturated rings. The summed E-state index contributed by atoms with van der Waals surface area (Å²) in [5.74, 6) is 0.632. The fourth-order valence-electron chi connectivity index (χ4n) is 3.13. The van der Waals surface area contributed by atoms with Crippen molar-refractivity contribution in [3.05, 3.63) is 53.1 Å². The number of amides is 3. The number of urea groups is 1. The van der Waals surface area contributed by atoms with Gasteiger partial charge in [0.2, 0.25) is 5.91 Å². The highest BCUT2D eigenvalue weighted by Gasteiger charge is 2.37. The maximum Gasteiger partial charge on any atom is 0.319 e. The average Bonchev–Trinajstić information content (AvgIpc) is 2.78. The Hall–Kier alpha value is -2.73. The van der Waals surface area contributed by atoms with Gasteiger partial charge in [-0.15, -0.1) is 0 Å². The van der Waals surface area contributed by atoms with Crippen molar-refractivity contribution in [2.24, 2.45) is 5.41 Å². The van der Waals surface area contributed by atoms with Crippen molar-refractivity contribution in [2.45, 2.75) is 33.7 Å². The molecule has 154 valence electrons. The van der Waals surface area contributed by atoms with Gasteiger partial charge in [0, 0.05) is 29.9 Å². The van der Waals surface area contributed by atoms with Crippen molar-refractivity contribution in [2.75, 3.05) is 23.4 Å². The number of nitrogens with one attached hydrogen (secondary N) is 2. The van der Waals surface area contributed by atoms with Gasteiger partial charge in [-0.1, -0.05) is 30.7 Å². The molecule has 7 heteroatoms. The van der Waals surface area contributed by atoms with Crippen LogP contribution in [-0.4, -0.2) is 25.1 Å². The molecular formula is C22H26ClN3O3. The maximum absolute atomic E-state index is 12.9. The highest BCUT2D eigenvalue weighted by atomic mass is 35.5. The number of rotatable bonds is 5. The van der Waals surface area contributed by atoms with Crippen LogP contribution in [0.1, 0.15) is 32.8 Å². The molecule has 0 unspecified atom stereocenters. The molecule has 0 atom stereocenters. The van der Waals surface area contributed by atoms with Gasteiger partial charge in [-0.2, -0.15) is 0 Å². The normalized spacial score (nSPS) is 15.2. The van der Waals surface area contributed by atoms with Crippen molar-refractivity contribution in [1.82, 2.24) is 5.32 Å². The van der Waals surface area contributed by atoms with Crippen LogP contribution in [0.4, 0.5) is 16.2 Å². The quantitative estimate of drug-likeness (QED) is 0.735. The Morgan fingerprint density at radius 2 is 1.93 bits per heavy atom. The zero-order chi connectivity index (χ0) is 21.0. The molecule has 0 bridgehead atoms. The first-order valence-corrected chi connectivity index (χ1v) is 10.1. The molecule has 3 rings (SSSR count). The van der Waals surface area contributed by atoms with Crippen LogP contribution in [-0.2, 0) is 11.3 Å². The number of carbonyl (C=O) groups excluding carboxylic acids is 2. The molecule has 0 aromatic heterocycles. The first-order chi connectivity index (χ1) is 13.8. The molecule has 2 aromatic carbocycles. The first-order valence-electron chi connectivity index (χ1n) is 9.68. The molecule has 0 radical (unpaired) electrons. The topological polar surface area (TPSA) is 70.7 Å². The van der Waals surface area contributed by atoms with E-state index >= 15 is 0 Å². The minimum absolute atomic E-state index is 0.0412. The molecule has 6 nitrogen and oxygen atoms in total. The summed E-state index contributed by atoms with van der Waals surface area (Å²) in [7, 11) is 0. The number of benzene rings is 2. The van der Waals surface area contributed by atoms with Crippen LogP contribution in [0.25, 0.3) is 0 Å². The van der Waals surface area contributed by atoms with Gasteiger partial charge >= 0.3 is 6.03 Å². The van der Waals surface area contributed by atoms with Crippen LogP contribution in [0, 0.1) is 5.41 Å². The second-order valence-electron chi connectivity index (χ2n) is 7.75. The standard InChI is InChI=1S/C22H26ClN3O3/c1-4-11-26-18-10-9-17(12-19(18)29-14-22(2,3)20(26)27)25-21(28)24-13-15-5-7-16(23)8-6-15/h5-10,12H,4,11,13-14H2,1-3H3,(H2,24,25,28). The van der Waals surface area contributed by atoms with Gasteiger partial charge in [-0.05, 0) is 50.1 Å². The van der Waals surface area contributed by atoms with E-state index in [0.29, 0.717) is 29.5 Å². The second-order valence-corrected chi connectivity index (χ2v) is 8.18. The van der Waals surface area contributed by atoms with E-state index in [0.717, 1.165) is 17.7 Å². The molecule has 0 saturated heterocycles. The lowest BCUT2D eigenvalue weighted by Gasteiger charge is -2.27. The number of hydrogen-bond donors (Lipinski definition) is 2. The van der Waals surface area contributed by atoms with Crippen LogP contribution in [0.2, 0.25) is 5.02 Å². The monoisotopic (exact) mass is 415 g/mol. The van der Waals surface area contributed by atoms with E-state index in [9.17, 15) is 9.59 Å². The number of anilines is 2. The SMILES string of the molecule is CCCN1C(=O)C(C)(C)COc2cc(NC(=O)NCc3ccc(Cl)cc3)ccc21. The molecule has 0 aliphatic carbocycles. The molecule has 2 aromatic rings. The molecule has 2 N–H and O–H groups in total. The molecule has 1 aliphatic heterocycles. The van der Waals surface area contributed by atoms with Gasteiger partial charge in [0.15, 0.2) is 0 Å². The summed E-state index contributed by atoms with van der Waals surface area (Å²) in [6.07, 6.45) is 0.842. The van der Waals surface area contributed by atoms with E-state index in [1.54, 1.807) is 29.2 Å². The minimum Gasteiger partial charge on any atom is -0.490 e. The van der Waals surface area contributed by atoms with E-state index in [2.05, 4.69) is 10.6 Å². The Bertz CT molecular complexity index is 897. The summed E-state index contributed by atoms with van der Waals surface area (Å²) < 4.78 is 5.93. The highest BCUT2D eigenvalue weighted by Crippen LogP contribution is 2.38. The van der Waals surface area contributed by atoms with E-state index in [1.807, 2.05) is 39.0 Å². The molecule has 1 aliphatic rings. The minimum atomic E-state index is -0.613. The Balaban J connectivity index is 1.71. The average molecular weight is 416 g/mol. The number of halogens is 1. The van der Waals surface area contributed by atoms with Crippen molar-refractivity contribution < 1.29 is 14.3 Å². The predicted octanol–water partition coefficient (Wildman–Crippen LogP) is 4.82. The molecular weight excluding hydrogens is 390 g/mol. The number of nitrogens with zero attached hydrogens (tertiary/aromatic N) is 1. The number of fused-ring (bicyclic) bond motifs is 1. The summed E-state index contributed by atoms with van der Waals surface area (Å²) in [4.78, 5) is 26.9. The second kappa shape index (κ2) is 8.74. The van der Waals surface area contributed by atoms with E-state index < -0.39 is 5.41 Å². The molecule has 0 saturated carbocycles. The summed E-state index contributed by atoms with van der Waals surface area (Å²) in [5, 5.41) is 6.28. The Labute approximate surface area is 176 Å². The lowest BCUT2D eigenvalue weighted by atomic mass is 9.93. The van der Waals surface area contributed by atoms with Crippen LogP contribution in [0.5, 0.6) is 5.75 Å². The number of hydrogen-bond acceptors (Lipinski definition) is 3. The molecule has 0 spiro atoms. The van der Waals surface area contributed by atoms with Gasteiger partial charge in [-0.3, -0.25) is 4.79 Å². The van der Waals surface area contributed by atoms with Crippen LogP contribution in [0.3, 0.4) is 0 Å². The zero-order valence-corrected chi connectivity index (χ0v) is 17.7. The van der Waals surface area contributed by atoms with Crippen LogP contribution in [0.15, 0.2) is 42.5 Å². The Morgan fingerprint density at radius 3 is 2.62 bits per heavy atom. The maximum atomic E-state index is 12.9. The first kappa shape index (κ1) is 21.0. The summed E-state index contributed by atoms with van der Waals surface area (Å²) in [6, 6.07) is 12.3. The fraction of sp³-hybridized carbons (Fsp3) is 0.364. The number of carbonyl (C=O) groups is 2. The van der Waals surface area contributed by atoms with Crippen molar-refractivity contribution in [1.29, 1.82) is 0 Å². The lowest BCUT2D eigenvalue weighted by molar-refractivity contribution is -0.127. The largest absolute Gasteiger partial charge is 0.490 e. The van der Waals surface area contributed by atoms with Gasteiger partial charge < -0.3 is 20.3 Å². The summed E-state index contributed by atoms with van der Waals surface area (Å²) >= 11 is 5.87. The molecule has 3 amide bonds. The summed E-state index contributed by atoms with van der Waals surface area (Å²) in [6.45, 7) is 7.09. The van der Waals surface area contributed by atoms with E-state index in [4.69, 9.17) is 16.3 Å². The van der Waals surface area contributed by atoms with Crippen molar-refractivity contribution >= 4 is 34.9 Å². The molecule has 29 heavy (non-hydrogen) atoms. The third-order valence-electron chi connectivity index (χ3n) is 4.73. The third-order valence-corrected chi connectivity index (χ3v) is 4.99. The van der Waals surface area contributed by atoms with E-state index in [-0.39, 0.29) is 18.5 Å². The predicted molar refractivity (Wildman–Crippen MR) is 116 cm³/mol. The van der Waals surface area contributed by atoms with Gasteiger partial charge in [0.1, 0.15) is 12.4 Å². The summed E-state index contributed by atoms with van der Waals surface area (Å²) in [5.41, 5.74) is 1.67. The van der Waals surface area contributed by atoms with Crippen molar-refractivity contribution in [3.8, 4) is 5.75 Å². The van der Waals surface area contributed by atoms with Crippen molar-refractivity contribution in [3.63, 3.8) is 0 Å². The third kappa shape index (κ3) is 5.01. The van der Waals surface area contributed by atoms with Crippen LogP contribution >= 0.6 is 11.6 Å². The van der Waals surface area contributed by atoms with E-state index in [1.165, 1.54) is 0 Å². The Morgan fingerprint density at radius 1 is 1.21 bits per heavy atom. The van der Waals surface area contributed by atoms with Crippen LogP contribution < -0.4 is 20.3 Å². The lowest BCUT2D eigenvalue weighted by Crippen LogP contribution is -2.42. The Kier molecular flexibility index (Phi) is 6.33. The zero-order valence-electron chi connectivity index (χ0n) is 16.9. The fourth-order valence-corrected chi connectivity index (χ4v) is 3.26. The van der Waals surface area contributed by atoms with Gasteiger partial charge in [-0.25, -0.2) is 4.79 Å². The smallest absolute Gasteiger partial charge is 0.319 e. The highest BCUT2D eigenvalue weighted by molar-refractivity contribution is 6.30. The molecule has 1 heterocycles. The van der Waals surface area contributed by atoms with Gasteiger partial charge in [0.05, 0.1) is 11.1 Å².